The summed E-state index contributed by atoms with van der Waals surface area (Å²) in [4.78, 5) is 30.2. The number of imidazole rings is 1. The molecule has 1 fully saturated rings. The number of amides is 1. The number of pyridine rings is 1. The van der Waals surface area contributed by atoms with E-state index in [1.807, 2.05) is 28.8 Å². The van der Waals surface area contributed by atoms with Gasteiger partial charge in [-0.1, -0.05) is 37.6 Å². The van der Waals surface area contributed by atoms with Gasteiger partial charge in [-0.2, -0.15) is 0 Å². The average molecular weight is 780 g/mol. The molecular weight excluding hydrogens is 737 g/mol. The first-order valence-electron chi connectivity index (χ1n) is 18.6. The summed E-state index contributed by atoms with van der Waals surface area (Å²) in [5.74, 6) is -1.37. The van der Waals surface area contributed by atoms with E-state index in [-0.39, 0.29) is 17.1 Å². The number of halogens is 2. The van der Waals surface area contributed by atoms with E-state index in [9.17, 15) is 22.0 Å². The summed E-state index contributed by atoms with van der Waals surface area (Å²) in [5.41, 5.74) is 5.79. The van der Waals surface area contributed by atoms with Gasteiger partial charge in [0.05, 0.1) is 35.5 Å². The second kappa shape index (κ2) is 16.6. The Balaban J connectivity index is 1.18. The number of rotatable bonds is 13. The molecule has 0 atom stereocenters. The molecule has 2 N–H and O–H groups in total. The summed E-state index contributed by atoms with van der Waals surface area (Å²) in [6.45, 7) is 4.46. The number of anilines is 3. The Hall–Kier alpha value is -5.73. The lowest BCUT2D eigenvalue weighted by Gasteiger charge is -2.32. The fraction of sp³-hybridized carbons (Fsp3) is 0.286. The molecule has 56 heavy (non-hydrogen) atoms. The van der Waals surface area contributed by atoms with Gasteiger partial charge < -0.3 is 20.3 Å². The number of fused-ring (bicyclic) bond motifs is 1. The highest BCUT2D eigenvalue weighted by molar-refractivity contribution is 7.90. The Bertz CT molecular complexity index is 2480. The monoisotopic (exact) mass is 779 g/mol. The Morgan fingerprint density at radius 3 is 2.48 bits per heavy atom. The molecule has 0 unspecified atom stereocenters. The number of likely N-dealkylation sites (tertiary alicyclic amines) is 1. The van der Waals surface area contributed by atoms with Gasteiger partial charge in [0.2, 0.25) is 5.95 Å². The summed E-state index contributed by atoms with van der Waals surface area (Å²) >= 11 is 0. The van der Waals surface area contributed by atoms with E-state index in [4.69, 9.17) is 14.7 Å². The summed E-state index contributed by atoms with van der Waals surface area (Å²) in [7, 11) is -1.58. The van der Waals surface area contributed by atoms with Crippen LogP contribution < -0.4 is 15.4 Å². The van der Waals surface area contributed by atoms with Crippen molar-refractivity contribution in [1.82, 2.24) is 24.3 Å². The summed E-state index contributed by atoms with van der Waals surface area (Å²) < 4.78 is 59.6. The molecule has 4 heterocycles. The third-order valence-electron chi connectivity index (χ3n) is 10.1. The SMILES string of the molecule is CCCc1cc(C2CCN(CCS(C)(=O)=O)CC2)ccc1Nc1nccc(-c2c(-c3ccc(OC)c(C(=O)Nc4c(F)cccc4F)c3)nc3ccccn23)n1. The number of methoxy groups -OCH3 is 1. The van der Waals surface area contributed by atoms with E-state index in [2.05, 4.69) is 45.6 Å². The molecule has 0 bridgehead atoms. The van der Waals surface area contributed by atoms with Crippen molar-refractivity contribution >= 4 is 38.7 Å². The van der Waals surface area contributed by atoms with Crippen molar-refractivity contribution in [1.29, 1.82) is 0 Å². The number of aromatic nitrogens is 4. The first-order valence-corrected chi connectivity index (χ1v) is 20.6. The molecule has 6 aromatic rings. The highest BCUT2D eigenvalue weighted by Crippen LogP contribution is 2.36. The van der Waals surface area contributed by atoms with Gasteiger partial charge in [-0.25, -0.2) is 32.2 Å². The molecule has 1 aliphatic heterocycles. The van der Waals surface area contributed by atoms with Crippen LogP contribution in [0.3, 0.4) is 0 Å². The standard InChI is InChI=1S/C42H43F2N7O4S/c1-4-8-29-25-28(27-17-21-50(22-18-27)23-24-56(3,53)54)12-14-34(29)46-42-45-19-16-35(47-42)40-38(48-37-11-5-6-20-51(37)40)30-13-15-36(55-2)31(26-30)41(52)49-39-32(43)9-7-10-33(39)44/h5-7,9-16,19-20,25-27H,4,8,17-18,21-24H2,1-3H3,(H,49,52)(H,45,46,47). The van der Waals surface area contributed by atoms with Crippen molar-refractivity contribution in [3.05, 3.63) is 120 Å². The van der Waals surface area contributed by atoms with Crippen LogP contribution in [0.2, 0.25) is 0 Å². The highest BCUT2D eigenvalue weighted by atomic mass is 32.2. The van der Waals surface area contributed by atoms with Crippen LogP contribution in [0.25, 0.3) is 28.3 Å². The zero-order valence-corrected chi connectivity index (χ0v) is 32.2. The van der Waals surface area contributed by atoms with Crippen LogP contribution >= 0.6 is 0 Å². The Morgan fingerprint density at radius 1 is 0.964 bits per heavy atom. The van der Waals surface area contributed by atoms with E-state index in [0.29, 0.717) is 46.7 Å². The normalized spacial score (nSPS) is 13.9. The topological polar surface area (TPSA) is 131 Å². The van der Waals surface area contributed by atoms with E-state index in [0.717, 1.165) is 62.2 Å². The number of benzene rings is 3. The number of hydrogen-bond acceptors (Lipinski definition) is 9. The molecule has 14 heteroatoms. The molecular formula is C42H43F2N7O4S. The zero-order valence-electron chi connectivity index (χ0n) is 31.4. The number of ether oxygens (including phenoxy) is 1. The van der Waals surface area contributed by atoms with Crippen LogP contribution in [0.4, 0.5) is 26.1 Å². The lowest BCUT2D eigenvalue weighted by atomic mass is 9.87. The number of aryl methyl sites for hydroxylation is 1. The first kappa shape index (κ1) is 38.5. The summed E-state index contributed by atoms with van der Waals surface area (Å²) in [5, 5.41) is 5.81. The van der Waals surface area contributed by atoms with Gasteiger partial charge in [-0.05, 0) is 104 Å². The summed E-state index contributed by atoms with van der Waals surface area (Å²) in [6, 6.07) is 22.3. The first-order chi connectivity index (χ1) is 27.0. The average Bonchev–Trinajstić information content (AvgIpc) is 3.59. The fourth-order valence-electron chi connectivity index (χ4n) is 7.19. The number of sulfone groups is 1. The van der Waals surface area contributed by atoms with Crippen LogP contribution in [0.1, 0.15) is 53.6 Å². The smallest absolute Gasteiger partial charge is 0.259 e. The van der Waals surface area contributed by atoms with Crippen LogP contribution in [-0.4, -0.2) is 77.3 Å². The molecule has 11 nitrogen and oxygen atoms in total. The number of piperidine rings is 1. The van der Waals surface area contributed by atoms with Crippen molar-refractivity contribution in [3.8, 4) is 28.4 Å². The lowest BCUT2D eigenvalue weighted by Crippen LogP contribution is -2.36. The van der Waals surface area contributed by atoms with E-state index < -0.39 is 33.1 Å². The predicted molar refractivity (Wildman–Crippen MR) is 214 cm³/mol. The van der Waals surface area contributed by atoms with Crippen LogP contribution in [-0.2, 0) is 16.3 Å². The second-order valence-electron chi connectivity index (χ2n) is 14.0. The van der Waals surface area contributed by atoms with E-state index in [1.165, 1.54) is 25.0 Å². The van der Waals surface area contributed by atoms with Crippen molar-refractivity contribution in [2.24, 2.45) is 0 Å². The third-order valence-corrected chi connectivity index (χ3v) is 11.0. The molecule has 1 aliphatic rings. The highest BCUT2D eigenvalue weighted by Gasteiger charge is 2.24. The Labute approximate surface area is 324 Å². The van der Waals surface area contributed by atoms with Crippen LogP contribution in [0.5, 0.6) is 5.75 Å². The van der Waals surface area contributed by atoms with Crippen molar-refractivity contribution in [3.63, 3.8) is 0 Å². The number of hydrogen-bond donors (Lipinski definition) is 2. The molecule has 0 radical (unpaired) electrons. The second-order valence-corrected chi connectivity index (χ2v) is 16.3. The van der Waals surface area contributed by atoms with Crippen LogP contribution in [0.15, 0.2) is 91.3 Å². The molecule has 1 amide bonds. The largest absolute Gasteiger partial charge is 0.496 e. The predicted octanol–water partition coefficient (Wildman–Crippen LogP) is 7.92. The van der Waals surface area contributed by atoms with Gasteiger partial charge in [-0.3, -0.25) is 9.20 Å². The molecule has 3 aromatic carbocycles. The Morgan fingerprint density at radius 2 is 1.75 bits per heavy atom. The van der Waals surface area contributed by atoms with Gasteiger partial charge in [0.25, 0.3) is 5.91 Å². The van der Waals surface area contributed by atoms with Crippen molar-refractivity contribution in [2.75, 3.05) is 49.4 Å². The van der Waals surface area contributed by atoms with Crippen LogP contribution in [0, 0.1) is 11.6 Å². The number of nitrogens with zero attached hydrogens (tertiary/aromatic N) is 5. The fourth-order valence-corrected chi connectivity index (χ4v) is 7.78. The number of carbonyl (C=O) groups excluding carboxylic acids is 1. The molecule has 0 aliphatic carbocycles. The molecule has 7 rings (SSSR count). The molecule has 0 spiro atoms. The van der Waals surface area contributed by atoms with Gasteiger partial charge in [-0.15, -0.1) is 0 Å². The maximum Gasteiger partial charge on any atom is 0.259 e. The summed E-state index contributed by atoms with van der Waals surface area (Å²) in [6.07, 6.45) is 8.59. The van der Waals surface area contributed by atoms with Gasteiger partial charge in [0, 0.05) is 36.4 Å². The molecule has 0 saturated carbocycles. The maximum absolute atomic E-state index is 14.5. The molecule has 1 saturated heterocycles. The van der Waals surface area contributed by atoms with Crippen molar-refractivity contribution in [2.45, 2.75) is 38.5 Å². The Kier molecular flexibility index (Phi) is 11.4. The third kappa shape index (κ3) is 8.56. The minimum atomic E-state index is -2.99. The van der Waals surface area contributed by atoms with E-state index >= 15 is 0 Å². The van der Waals surface area contributed by atoms with Gasteiger partial charge in [0.15, 0.2) is 0 Å². The van der Waals surface area contributed by atoms with Gasteiger partial charge in [0.1, 0.15) is 38.6 Å². The lowest BCUT2D eigenvalue weighted by molar-refractivity contribution is 0.102. The number of carbonyl (C=O) groups is 1. The van der Waals surface area contributed by atoms with E-state index in [1.54, 1.807) is 30.5 Å². The quantitative estimate of drug-likeness (QED) is 0.120. The van der Waals surface area contributed by atoms with Crippen molar-refractivity contribution < 1.29 is 26.7 Å². The zero-order chi connectivity index (χ0) is 39.4. The maximum atomic E-state index is 14.5. The minimum absolute atomic E-state index is 0.0603. The van der Waals surface area contributed by atoms with Gasteiger partial charge >= 0.3 is 0 Å². The number of para-hydroxylation sites is 1. The molecule has 3 aromatic heterocycles. The minimum Gasteiger partial charge on any atom is -0.496 e. The number of nitrogens with one attached hydrogen (secondary N) is 2. The molecule has 290 valence electrons.